The monoisotopic (exact) mass is 428 g/mol. The normalized spacial score (nSPS) is 11.1. The molecule has 0 aliphatic carbocycles. The van der Waals surface area contributed by atoms with E-state index in [2.05, 4.69) is 5.32 Å². The van der Waals surface area contributed by atoms with Crippen LogP contribution in [0.4, 0.5) is 11.4 Å². The van der Waals surface area contributed by atoms with Crippen LogP contribution in [0.2, 0.25) is 5.02 Å². The smallest absolute Gasteiger partial charge is 0.264 e. The highest BCUT2D eigenvalue weighted by molar-refractivity contribution is 7.92. The Balaban J connectivity index is 1.96. The SMILES string of the molecule is Cc1ccc(S(=O)(=O)N(CC(=O)Nc2cccc(C)c2)c2ccccc2Cl)cc1. The molecule has 0 heterocycles. The van der Waals surface area contributed by atoms with E-state index in [9.17, 15) is 13.2 Å². The van der Waals surface area contributed by atoms with Crippen LogP contribution < -0.4 is 9.62 Å². The summed E-state index contributed by atoms with van der Waals surface area (Å²) in [5.41, 5.74) is 2.76. The number of para-hydroxylation sites is 1. The molecule has 5 nitrogen and oxygen atoms in total. The van der Waals surface area contributed by atoms with E-state index in [1.807, 2.05) is 32.0 Å². The minimum Gasteiger partial charge on any atom is -0.325 e. The highest BCUT2D eigenvalue weighted by Crippen LogP contribution is 2.30. The summed E-state index contributed by atoms with van der Waals surface area (Å²) < 4.78 is 27.7. The van der Waals surface area contributed by atoms with Crippen molar-refractivity contribution in [2.75, 3.05) is 16.2 Å². The fraction of sp³-hybridized carbons (Fsp3) is 0.136. The summed E-state index contributed by atoms with van der Waals surface area (Å²) in [5, 5.41) is 2.99. The fourth-order valence-electron chi connectivity index (χ4n) is 2.84. The maximum Gasteiger partial charge on any atom is 0.264 e. The van der Waals surface area contributed by atoms with Gasteiger partial charge in [-0.2, -0.15) is 0 Å². The zero-order valence-electron chi connectivity index (χ0n) is 16.1. The number of hydrogen-bond acceptors (Lipinski definition) is 3. The molecule has 0 aliphatic heterocycles. The second-order valence-corrected chi connectivity index (χ2v) is 8.96. The van der Waals surface area contributed by atoms with E-state index in [0.29, 0.717) is 5.69 Å². The largest absolute Gasteiger partial charge is 0.325 e. The molecule has 0 saturated carbocycles. The van der Waals surface area contributed by atoms with Gasteiger partial charge in [-0.05, 0) is 55.8 Å². The first-order chi connectivity index (χ1) is 13.8. The molecule has 0 aliphatic rings. The minimum absolute atomic E-state index is 0.0892. The van der Waals surface area contributed by atoms with Crippen LogP contribution in [0, 0.1) is 13.8 Å². The second kappa shape index (κ2) is 8.68. The van der Waals surface area contributed by atoms with Crippen LogP contribution in [0.1, 0.15) is 11.1 Å². The highest BCUT2D eigenvalue weighted by Gasteiger charge is 2.28. The van der Waals surface area contributed by atoms with E-state index in [1.54, 1.807) is 42.5 Å². The van der Waals surface area contributed by atoms with Crippen molar-refractivity contribution in [3.63, 3.8) is 0 Å². The molecule has 3 aromatic rings. The van der Waals surface area contributed by atoms with Gasteiger partial charge >= 0.3 is 0 Å². The lowest BCUT2D eigenvalue weighted by Crippen LogP contribution is -2.38. The van der Waals surface area contributed by atoms with Crippen molar-refractivity contribution in [3.05, 3.63) is 88.9 Å². The molecule has 0 aromatic heterocycles. The summed E-state index contributed by atoms with van der Waals surface area (Å²) in [5.74, 6) is -0.466. The molecule has 0 spiro atoms. The van der Waals surface area contributed by atoms with Gasteiger partial charge in [0.1, 0.15) is 6.54 Å². The Bertz CT molecular complexity index is 1130. The predicted molar refractivity (Wildman–Crippen MR) is 117 cm³/mol. The van der Waals surface area contributed by atoms with Gasteiger partial charge in [0.05, 0.1) is 15.6 Å². The number of nitrogens with one attached hydrogen (secondary N) is 1. The van der Waals surface area contributed by atoms with Gasteiger partial charge in [0, 0.05) is 5.69 Å². The summed E-state index contributed by atoms with van der Waals surface area (Å²) in [4.78, 5) is 12.8. The van der Waals surface area contributed by atoms with Crippen LogP contribution in [0.15, 0.2) is 77.7 Å². The van der Waals surface area contributed by atoms with Gasteiger partial charge in [-0.15, -0.1) is 0 Å². The third kappa shape index (κ3) is 4.96. The van der Waals surface area contributed by atoms with Crippen LogP contribution in [-0.2, 0) is 14.8 Å². The standard InChI is InChI=1S/C22H21ClN2O3S/c1-16-10-12-19(13-11-16)29(27,28)25(21-9-4-3-8-20(21)23)15-22(26)24-18-7-5-6-17(2)14-18/h3-14H,15H2,1-2H3,(H,24,26). The average molecular weight is 429 g/mol. The molecular formula is C22H21ClN2O3S. The first-order valence-electron chi connectivity index (χ1n) is 8.98. The molecule has 7 heteroatoms. The Hall–Kier alpha value is -2.83. The molecule has 0 bridgehead atoms. The summed E-state index contributed by atoms with van der Waals surface area (Å²) in [7, 11) is -4.00. The van der Waals surface area contributed by atoms with E-state index in [0.717, 1.165) is 15.4 Å². The predicted octanol–water partition coefficient (Wildman–Crippen LogP) is 4.79. The Labute approximate surface area is 176 Å². The van der Waals surface area contributed by atoms with Crippen molar-refractivity contribution in [3.8, 4) is 0 Å². The second-order valence-electron chi connectivity index (χ2n) is 6.69. The maximum absolute atomic E-state index is 13.3. The Morgan fingerprint density at radius 1 is 0.931 bits per heavy atom. The lowest BCUT2D eigenvalue weighted by Gasteiger charge is -2.25. The van der Waals surface area contributed by atoms with Crippen molar-refractivity contribution in [2.24, 2.45) is 0 Å². The van der Waals surface area contributed by atoms with Gasteiger partial charge in [0.25, 0.3) is 10.0 Å². The first kappa shape index (κ1) is 20.9. The van der Waals surface area contributed by atoms with Gasteiger partial charge < -0.3 is 5.32 Å². The number of rotatable bonds is 6. The zero-order chi connectivity index (χ0) is 21.0. The van der Waals surface area contributed by atoms with Gasteiger partial charge in [0.15, 0.2) is 0 Å². The fourth-order valence-corrected chi connectivity index (χ4v) is 4.57. The summed E-state index contributed by atoms with van der Waals surface area (Å²) in [6.45, 7) is 3.37. The molecule has 0 radical (unpaired) electrons. The number of halogens is 1. The molecular weight excluding hydrogens is 408 g/mol. The molecule has 150 valence electrons. The number of sulfonamides is 1. The van der Waals surface area contributed by atoms with Gasteiger partial charge in [-0.3, -0.25) is 9.10 Å². The number of hydrogen-bond donors (Lipinski definition) is 1. The van der Waals surface area contributed by atoms with Crippen molar-refractivity contribution in [2.45, 2.75) is 18.7 Å². The van der Waals surface area contributed by atoms with E-state index in [-0.39, 0.29) is 15.6 Å². The van der Waals surface area contributed by atoms with E-state index in [1.165, 1.54) is 12.1 Å². The van der Waals surface area contributed by atoms with Crippen molar-refractivity contribution in [1.82, 2.24) is 0 Å². The number of nitrogens with zero attached hydrogens (tertiary/aromatic N) is 1. The topological polar surface area (TPSA) is 66.5 Å². The average Bonchev–Trinajstić information content (AvgIpc) is 2.67. The first-order valence-corrected chi connectivity index (χ1v) is 10.8. The number of carbonyl (C=O) groups excluding carboxylic acids is 1. The molecule has 0 unspecified atom stereocenters. The van der Waals surface area contributed by atoms with Crippen LogP contribution >= 0.6 is 11.6 Å². The lowest BCUT2D eigenvalue weighted by molar-refractivity contribution is -0.114. The van der Waals surface area contributed by atoms with E-state index in [4.69, 9.17) is 11.6 Å². The van der Waals surface area contributed by atoms with Crippen LogP contribution in [-0.4, -0.2) is 20.9 Å². The molecule has 0 atom stereocenters. The van der Waals surface area contributed by atoms with Crippen LogP contribution in [0.3, 0.4) is 0 Å². The highest BCUT2D eigenvalue weighted by atomic mass is 35.5. The quantitative estimate of drug-likeness (QED) is 0.613. The lowest BCUT2D eigenvalue weighted by atomic mass is 10.2. The molecule has 3 aromatic carbocycles. The number of amides is 1. The van der Waals surface area contributed by atoms with Crippen molar-refractivity contribution < 1.29 is 13.2 Å². The molecule has 3 rings (SSSR count). The van der Waals surface area contributed by atoms with E-state index < -0.39 is 22.5 Å². The Morgan fingerprint density at radius 3 is 2.28 bits per heavy atom. The molecule has 0 saturated heterocycles. The summed E-state index contributed by atoms with van der Waals surface area (Å²) in [6.07, 6.45) is 0. The van der Waals surface area contributed by atoms with Crippen LogP contribution in [0.5, 0.6) is 0 Å². The van der Waals surface area contributed by atoms with E-state index >= 15 is 0 Å². The van der Waals surface area contributed by atoms with Gasteiger partial charge in [-0.25, -0.2) is 8.42 Å². The van der Waals surface area contributed by atoms with Gasteiger partial charge in [0.2, 0.25) is 5.91 Å². The molecule has 1 amide bonds. The van der Waals surface area contributed by atoms with Crippen LogP contribution in [0.25, 0.3) is 0 Å². The van der Waals surface area contributed by atoms with Gasteiger partial charge in [-0.1, -0.05) is 53.6 Å². The molecule has 1 N–H and O–H groups in total. The third-order valence-corrected chi connectivity index (χ3v) is 6.41. The summed E-state index contributed by atoms with van der Waals surface area (Å²) >= 11 is 6.26. The Kier molecular flexibility index (Phi) is 6.25. The summed E-state index contributed by atoms with van der Waals surface area (Å²) in [6, 6.07) is 20.3. The number of carbonyl (C=O) groups is 1. The maximum atomic E-state index is 13.3. The van der Waals surface area contributed by atoms with Crippen molar-refractivity contribution >= 4 is 38.9 Å². The minimum atomic E-state index is -4.00. The molecule has 29 heavy (non-hydrogen) atoms. The zero-order valence-corrected chi connectivity index (χ0v) is 17.7. The van der Waals surface area contributed by atoms with Crippen molar-refractivity contribution in [1.29, 1.82) is 0 Å². The number of aryl methyl sites for hydroxylation is 2. The number of anilines is 2. The number of benzene rings is 3. The Morgan fingerprint density at radius 2 is 1.62 bits per heavy atom. The third-order valence-electron chi connectivity index (χ3n) is 4.32. The molecule has 0 fully saturated rings.